The van der Waals surface area contributed by atoms with Gasteiger partial charge in [-0.3, -0.25) is 4.52 Å². The van der Waals surface area contributed by atoms with Crippen LogP contribution in [0.4, 0.5) is 0 Å². The molecule has 0 amide bonds. The van der Waals surface area contributed by atoms with E-state index in [2.05, 4.69) is 5.27 Å². The standard InChI is InChI=1S/C17H21ClN2O4/c1-17(2)15-16(22)24-19-20(15)10-9-13(23-17)7-8-14(21)11-3-5-12(18)6-4-11/h3-6,13-14,21H,7-10H2,1-2H3/p+1. The van der Waals surface area contributed by atoms with Crippen LogP contribution in [0.15, 0.2) is 33.6 Å². The summed E-state index contributed by atoms with van der Waals surface area (Å²) in [6.45, 7) is 4.33. The fourth-order valence-electron chi connectivity index (χ4n) is 3.23. The lowest BCUT2D eigenvalue weighted by molar-refractivity contribution is -0.770. The van der Waals surface area contributed by atoms with Crippen molar-refractivity contribution in [3.63, 3.8) is 0 Å². The van der Waals surface area contributed by atoms with Crippen molar-refractivity contribution in [2.75, 3.05) is 0 Å². The Labute approximate surface area is 145 Å². The van der Waals surface area contributed by atoms with Gasteiger partial charge in [-0.2, -0.15) is 0 Å². The molecular formula is C17H22ClN2O4+. The van der Waals surface area contributed by atoms with Crippen LogP contribution in [-0.4, -0.2) is 16.5 Å². The Hall–Kier alpha value is -1.63. The largest absolute Gasteiger partial charge is 0.433 e. The summed E-state index contributed by atoms with van der Waals surface area (Å²) >= 11 is 5.87. The minimum absolute atomic E-state index is 0.0466. The molecule has 2 unspecified atom stereocenters. The lowest BCUT2D eigenvalue weighted by Gasteiger charge is -2.24. The molecule has 0 saturated carbocycles. The second-order valence-electron chi connectivity index (χ2n) is 6.66. The minimum Gasteiger partial charge on any atom is -0.388 e. The summed E-state index contributed by atoms with van der Waals surface area (Å²) in [5.74, 6) is 0. The number of aliphatic hydroxyl groups excluding tert-OH is 1. The second-order valence-corrected chi connectivity index (χ2v) is 7.10. The molecule has 1 aromatic carbocycles. The third-order valence-corrected chi connectivity index (χ3v) is 4.69. The van der Waals surface area contributed by atoms with Gasteiger partial charge in [-0.25, -0.2) is 4.79 Å². The third kappa shape index (κ3) is 3.55. The maximum Gasteiger partial charge on any atom is 0.433 e. The van der Waals surface area contributed by atoms with Crippen molar-refractivity contribution < 1.29 is 19.0 Å². The van der Waals surface area contributed by atoms with Gasteiger partial charge in [0.25, 0.3) is 0 Å². The van der Waals surface area contributed by atoms with E-state index in [4.69, 9.17) is 20.9 Å². The molecular weight excluding hydrogens is 332 g/mol. The molecule has 0 radical (unpaired) electrons. The first kappa shape index (κ1) is 17.2. The zero-order valence-corrected chi connectivity index (χ0v) is 14.5. The molecule has 0 fully saturated rings. The number of benzene rings is 1. The van der Waals surface area contributed by atoms with E-state index in [1.165, 1.54) is 0 Å². The number of nitrogens with zero attached hydrogens (tertiary/aromatic N) is 1. The van der Waals surface area contributed by atoms with E-state index >= 15 is 0 Å². The molecule has 0 saturated heterocycles. The topological polar surface area (TPSA) is 79.3 Å². The summed E-state index contributed by atoms with van der Waals surface area (Å²) in [4.78, 5) is 11.9. The van der Waals surface area contributed by atoms with Crippen molar-refractivity contribution in [2.45, 2.75) is 57.5 Å². The molecule has 1 aromatic heterocycles. The average Bonchev–Trinajstić information content (AvgIpc) is 2.85. The van der Waals surface area contributed by atoms with Gasteiger partial charge in [-0.05, 0) is 49.7 Å². The first-order valence-corrected chi connectivity index (χ1v) is 8.48. The van der Waals surface area contributed by atoms with E-state index < -0.39 is 17.3 Å². The van der Waals surface area contributed by atoms with E-state index in [0.29, 0.717) is 30.1 Å². The summed E-state index contributed by atoms with van der Waals surface area (Å²) in [6, 6.07) is 7.20. The summed E-state index contributed by atoms with van der Waals surface area (Å²) in [6.07, 6.45) is 1.41. The van der Waals surface area contributed by atoms with E-state index in [1.54, 1.807) is 16.8 Å². The number of aliphatic hydroxyl groups is 1. The van der Waals surface area contributed by atoms with Crippen LogP contribution in [-0.2, 0) is 16.9 Å². The van der Waals surface area contributed by atoms with Gasteiger partial charge < -0.3 is 9.84 Å². The number of rotatable bonds is 4. The fourth-order valence-corrected chi connectivity index (χ4v) is 3.36. The summed E-state index contributed by atoms with van der Waals surface area (Å²) in [5.41, 5.74) is 0.185. The number of hydrogen-bond acceptors (Lipinski definition) is 4. The van der Waals surface area contributed by atoms with Crippen LogP contribution in [0.3, 0.4) is 0 Å². The zero-order chi connectivity index (χ0) is 17.3. The van der Waals surface area contributed by atoms with Gasteiger partial charge in [-0.15, -0.1) is 0 Å². The molecule has 0 spiro atoms. The lowest BCUT2D eigenvalue weighted by atomic mass is 10.0. The van der Waals surface area contributed by atoms with E-state index in [9.17, 15) is 9.90 Å². The van der Waals surface area contributed by atoms with Gasteiger partial charge in [0.2, 0.25) is 0 Å². The predicted octanol–water partition coefficient (Wildman–Crippen LogP) is 2.45. The molecule has 2 atom stereocenters. The van der Waals surface area contributed by atoms with Gasteiger partial charge in [-0.1, -0.05) is 28.4 Å². The first-order chi connectivity index (χ1) is 11.4. The van der Waals surface area contributed by atoms with Crippen LogP contribution in [0.2, 0.25) is 5.02 Å². The maximum atomic E-state index is 11.9. The van der Waals surface area contributed by atoms with Crippen molar-refractivity contribution in [3.8, 4) is 0 Å². The molecule has 3 rings (SSSR count). The summed E-state index contributed by atoms with van der Waals surface area (Å²) < 4.78 is 12.7. The van der Waals surface area contributed by atoms with Crippen LogP contribution in [0.5, 0.6) is 0 Å². The predicted molar refractivity (Wildman–Crippen MR) is 87.7 cm³/mol. The normalized spacial score (nSPS) is 21.1. The Morgan fingerprint density at radius 2 is 2.12 bits per heavy atom. The first-order valence-electron chi connectivity index (χ1n) is 8.10. The second kappa shape index (κ2) is 6.70. The zero-order valence-electron chi connectivity index (χ0n) is 13.8. The summed E-state index contributed by atoms with van der Waals surface area (Å²) in [5, 5.41) is 13.6. The number of H-pyrrole nitrogens is 1. The van der Waals surface area contributed by atoms with Crippen LogP contribution in [0, 0.1) is 0 Å². The molecule has 24 heavy (non-hydrogen) atoms. The highest BCUT2D eigenvalue weighted by Crippen LogP contribution is 2.29. The Balaban J connectivity index is 1.65. The highest BCUT2D eigenvalue weighted by Gasteiger charge is 2.43. The number of aryl methyl sites for hydroxylation is 1. The molecule has 1 aliphatic heterocycles. The van der Waals surface area contributed by atoms with Crippen LogP contribution >= 0.6 is 11.6 Å². The fraction of sp³-hybridized carbons (Fsp3) is 0.529. The van der Waals surface area contributed by atoms with Crippen molar-refractivity contribution in [1.82, 2.24) is 5.27 Å². The quantitative estimate of drug-likeness (QED) is 0.827. The maximum absolute atomic E-state index is 11.9. The Morgan fingerprint density at radius 1 is 1.42 bits per heavy atom. The molecule has 0 aliphatic carbocycles. The van der Waals surface area contributed by atoms with Gasteiger partial charge in [0, 0.05) is 11.4 Å². The molecule has 7 heteroatoms. The number of halogens is 1. The molecule has 2 aromatic rings. The smallest absolute Gasteiger partial charge is 0.388 e. The molecule has 6 nitrogen and oxygen atoms in total. The lowest BCUT2D eigenvalue weighted by Crippen LogP contribution is -2.45. The number of nitrogens with one attached hydrogen (secondary N) is 1. The Kier molecular flexibility index (Phi) is 4.80. The highest BCUT2D eigenvalue weighted by atomic mass is 35.5. The third-order valence-electron chi connectivity index (χ3n) is 4.43. The van der Waals surface area contributed by atoms with Crippen molar-refractivity contribution in [3.05, 3.63) is 51.0 Å². The van der Waals surface area contributed by atoms with Crippen molar-refractivity contribution >= 4 is 11.6 Å². The van der Waals surface area contributed by atoms with Crippen molar-refractivity contribution in [2.24, 2.45) is 0 Å². The van der Waals surface area contributed by atoms with Gasteiger partial charge in [0.1, 0.15) is 0 Å². The number of aromatic nitrogens is 2. The number of ether oxygens (including phenoxy) is 1. The van der Waals surface area contributed by atoms with E-state index in [-0.39, 0.29) is 6.10 Å². The summed E-state index contributed by atoms with van der Waals surface area (Å²) in [7, 11) is 0. The number of fused-ring (bicyclic) bond motifs is 1. The van der Waals surface area contributed by atoms with Crippen LogP contribution in [0.25, 0.3) is 0 Å². The van der Waals surface area contributed by atoms with Gasteiger partial charge >= 0.3 is 11.3 Å². The molecule has 0 bridgehead atoms. The van der Waals surface area contributed by atoms with Crippen molar-refractivity contribution in [1.29, 1.82) is 0 Å². The minimum atomic E-state index is -0.743. The van der Waals surface area contributed by atoms with Crippen LogP contribution < -0.4 is 10.3 Å². The Morgan fingerprint density at radius 3 is 2.83 bits per heavy atom. The van der Waals surface area contributed by atoms with E-state index in [0.717, 1.165) is 12.0 Å². The van der Waals surface area contributed by atoms with E-state index in [1.807, 2.05) is 26.0 Å². The number of hydrogen-bond donors (Lipinski definition) is 2. The SMILES string of the molecule is CC1(C)OC(CCC(O)c2ccc(Cl)cc2)CC[n+]2[nH]oc(=O)c21. The highest BCUT2D eigenvalue weighted by molar-refractivity contribution is 6.30. The number of aromatic amines is 1. The van der Waals surface area contributed by atoms with Gasteiger partial charge in [0.05, 0.1) is 12.2 Å². The van der Waals surface area contributed by atoms with Crippen LogP contribution in [0.1, 0.15) is 50.5 Å². The molecule has 1 aliphatic rings. The molecule has 130 valence electrons. The molecule has 2 N–H and O–H groups in total. The Bertz CT molecular complexity index is 751. The molecule has 2 heterocycles. The monoisotopic (exact) mass is 353 g/mol. The average molecular weight is 354 g/mol. The van der Waals surface area contributed by atoms with Gasteiger partial charge in [0.15, 0.2) is 12.1 Å².